The molecule has 0 nitrogen and oxygen atoms in total. The summed E-state index contributed by atoms with van der Waals surface area (Å²) in [7, 11) is 0. The van der Waals surface area contributed by atoms with Gasteiger partial charge in [-0.3, -0.25) is 0 Å². The minimum atomic E-state index is 0.861. The van der Waals surface area contributed by atoms with Crippen molar-refractivity contribution < 1.29 is 0 Å². The first-order chi connectivity index (χ1) is 7.97. The Kier molecular flexibility index (Phi) is 5.24. The van der Waals surface area contributed by atoms with Crippen LogP contribution in [0.3, 0.4) is 0 Å². The molecule has 1 rings (SSSR count). The molecule has 0 bridgehead atoms. The summed E-state index contributed by atoms with van der Waals surface area (Å²) in [6.45, 7) is 13.7. The molecule has 0 radical (unpaired) electrons. The molecule has 0 saturated carbocycles. The third kappa shape index (κ3) is 3.59. The van der Waals surface area contributed by atoms with Gasteiger partial charge in [-0.1, -0.05) is 32.8 Å². The fraction of sp³-hybridized carbons (Fsp3) is 0.647. The Hall–Kier alpha value is -0.780. The Morgan fingerprint density at radius 1 is 0.941 bits per heavy atom. The molecule has 96 valence electrons. The van der Waals surface area contributed by atoms with E-state index in [1.54, 1.807) is 5.56 Å². The summed E-state index contributed by atoms with van der Waals surface area (Å²) in [6, 6.07) is 2.35. The van der Waals surface area contributed by atoms with Crippen LogP contribution in [0.1, 0.15) is 60.9 Å². The van der Waals surface area contributed by atoms with Gasteiger partial charge in [-0.2, -0.15) is 0 Å². The quantitative estimate of drug-likeness (QED) is 0.647. The second-order valence-corrected chi connectivity index (χ2v) is 5.67. The Balaban J connectivity index is 2.81. The zero-order valence-corrected chi connectivity index (χ0v) is 12.5. The monoisotopic (exact) mass is 232 g/mol. The van der Waals surface area contributed by atoms with E-state index in [0.717, 1.165) is 5.92 Å². The number of rotatable bonds is 5. The molecule has 0 spiro atoms. The van der Waals surface area contributed by atoms with E-state index < -0.39 is 0 Å². The smallest absolute Gasteiger partial charge is 0.0271 e. The number of aryl methyl sites for hydroxylation is 2. The maximum atomic E-state index is 2.38. The van der Waals surface area contributed by atoms with Crippen LogP contribution in [0.2, 0.25) is 0 Å². The van der Waals surface area contributed by atoms with E-state index in [9.17, 15) is 0 Å². The van der Waals surface area contributed by atoms with Crippen LogP contribution < -0.4 is 0 Å². The molecule has 0 amide bonds. The lowest BCUT2D eigenvalue weighted by molar-refractivity contribution is 0.485. The molecule has 0 heterocycles. The molecule has 17 heavy (non-hydrogen) atoms. The fourth-order valence-corrected chi connectivity index (χ4v) is 2.75. The second-order valence-electron chi connectivity index (χ2n) is 5.67. The van der Waals surface area contributed by atoms with Crippen molar-refractivity contribution in [2.45, 2.75) is 67.2 Å². The van der Waals surface area contributed by atoms with E-state index in [-0.39, 0.29) is 0 Å². The summed E-state index contributed by atoms with van der Waals surface area (Å²) >= 11 is 0. The van der Waals surface area contributed by atoms with Gasteiger partial charge in [-0.25, -0.2) is 0 Å². The van der Waals surface area contributed by atoms with Gasteiger partial charge in [0, 0.05) is 0 Å². The summed E-state index contributed by atoms with van der Waals surface area (Å²) in [5.41, 5.74) is 7.51. The molecule has 0 aromatic heterocycles. The van der Waals surface area contributed by atoms with E-state index in [1.807, 2.05) is 0 Å². The Morgan fingerprint density at radius 3 is 2.18 bits per heavy atom. The van der Waals surface area contributed by atoms with Crippen LogP contribution in [0.25, 0.3) is 0 Å². The zero-order chi connectivity index (χ0) is 13.0. The molecule has 0 heteroatoms. The van der Waals surface area contributed by atoms with E-state index in [0.29, 0.717) is 0 Å². The molecule has 0 saturated heterocycles. The normalized spacial score (nSPS) is 12.8. The highest BCUT2D eigenvalue weighted by Crippen LogP contribution is 2.24. The summed E-state index contributed by atoms with van der Waals surface area (Å²) in [5, 5.41) is 0. The molecule has 0 aliphatic rings. The standard InChI is InChI=1S/C17H28/c1-7-8-12(2)9-10-17-14(4)11-13(3)15(5)16(17)6/h11-12H,7-10H2,1-6H3. The van der Waals surface area contributed by atoms with Crippen molar-refractivity contribution in [3.8, 4) is 0 Å². The topological polar surface area (TPSA) is 0 Å². The van der Waals surface area contributed by atoms with Crippen LogP contribution in [0.5, 0.6) is 0 Å². The number of benzene rings is 1. The third-order valence-electron chi connectivity index (χ3n) is 4.18. The van der Waals surface area contributed by atoms with Gasteiger partial charge in [0.05, 0.1) is 0 Å². The fourth-order valence-electron chi connectivity index (χ4n) is 2.75. The van der Waals surface area contributed by atoms with Crippen molar-refractivity contribution in [3.63, 3.8) is 0 Å². The zero-order valence-electron chi connectivity index (χ0n) is 12.5. The Bertz CT molecular complexity index is 374. The first-order valence-electron chi connectivity index (χ1n) is 7.03. The summed E-state index contributed by atoms with van der Waals surface area (Å²) in [6.07, 6.45) is 5.26. The minimum absolute atomic E-state index is 0.861. The molecular formula is C17H28. The van der Waals surface area contributed by atoms with Crippen LogP contribution >= 0.6 is 0 Å². The maximum absolute atomic E-state index is 2.38. The molecule has 0 fully saturated rings. The summed E-state index contributed by atoms with van der Waals surface area (Å²) in [5.74, 6) is 0.861. The van der Waals surface area contributed by atoms with Gasteiger partial charge in [0.25, 0.3) is 0 Å². The lowest BCUT2D eigenvalue weighted by atomic mass is 9.89. The van der Waals surface area contributed by atoms with Gasteiger partial charge < -0.3 is 0 Å². The number of hydrogen-bond acceptors (Lipinski definition) is 0. The second kappa shape index (κ2) is 6.23. The molecule has 1 atom stereocenters. The SMILES string of the molecule is CCCC(C)CCc1c(C)cc(C)c(C)c1C. The molecule has 1 unspecified atom stereocenters. The Morgan fingerprint density at radius 2 is 1.59 bits per heavy atom. The third-order valence-corrected chi connectivity index (χ3v) is 4.18. The van der Waals surface area contributed by atoms with Crippen LogP contribution in [-0.2, 0) is 6.42 Å². The predicted molar refractivity (Wildman–Crippen MR) is 77.8 cm³/mol. The summed E-state index contributed by atoms with van der Waals surface area (Å²) in [4.78, 5) is 0. The first kappa shape index (κ1) is 14.3. The van der Waals surface area contributed by atoms with Gasteiger partial charge in [0.1, 0.15) is 0 Å². The Labute approximate surface area is 107 Å². The number of hydrogen-bond donors (Lipinski definition) is 0. The maximum Gasteiger partial charge on any atom is -0.0271 e. The highest BCUT2D eigenvalue weighted by Gasteiger charge is 2.09. The largest absolute Gasteiger partial charge is 0.0654 e. The molecule has 1 aromatic rings. The van der Waals surface area contributed by atoms with Crippen molar-refractivity contribution in [2.75, 3.05) is 0 Å². The minimum Gasteiger partial charge on any atom is -0.0654 e. The van der Waals surface area contributed by atoms with Gasteiger partial charge in [-0.15, -0.1) is 0 Å². The molecule has 1 aromatic carbocycles. The van der Waals surface area contributed by atoms with Crippen molar-refractivity contribution in [3.05, 3.63) is 33.9 Å². The lowest BCUT2D eigenvalue weighted by Crippen LogP contribution is -2.03. The van der Waals surface area contributed by atoms with Crippen molar-refractivity contribution in [1.29, 1.82) is 0 Å². The van der Waals surface area contributed by atoms with E-state index in [2.05, 4.69) is 47.6 Å². The van der Waals surface area contributed by atoms with E-state index in [4.69, 9.17) is 0 Å². The highest BCUT2D eigenvalue weighted by molar-refractivity contribution is 5.43. The van der Waals surface area contributed by atoms with Crippen LogP contribution in [-0.4, -0.2) is 0 Å². The van der Waals surface area contributed by atoms with Crippen LogP contribution in [0.15, 0.2) is 6.07 Å². The van der Waals surface area contributed by atoms with Gasteiger partial charge in [0.15, 0.2) is 0 Å². The molecule has 0 aliphatic heterocycles. The average molecular weight is 232 g/mol. The molecular weight excluding hydrogens is 204 g/mol. The van der Waals surface area contributed by atoms with Gasteiger partial charge in [0.2, 0.25) is 0 Å². The first-order valence-corrected chi connectivity index (χ1v) is 7.03. The van der Waals surface area contributed by atoms with Gasteiger partial charge in [-0.05, 0) is 74.3 Å². The summed E-state index contributed by atoms with van der Waals surface area (Å²) < 4.78 is 0. The van der Waals surface area contributed by atoms with Crippen molar-refractivity contribution in [1.82, 2.24) is 0 Å². The van der Waals surface area contributed by atoms with Crippen molar-refractivity contribution in [2.24, 2.45) is 5.92 Å². The van der Waals surface area contributed by atoms with Crippen molar-refractivity contribution >= 4 is 0 Å². The highest BCUT2D eigenvalue weighted by atomic mass is 14.1. The van der Waals surface area contributed by atoms with E-state index in [1.165, 1.54) is 47.9 Å². The predicted octanol–water partition coefficient (Wildman–Crippen LogP) is 5.29. The molecule has 0 aliphatic carbocycles. The average Bonchev–Trinajstić information content (AvgIpc) is 2.26. The van der Waals surface area contributed by atoms with E-state index >= 15 is 0 Å². The lowest BCUT2D eigenvalue weighted by Gasteiger charge is -2.17. The van der Waals surface area contributed by atoms with Crippen LogP contribution in [0.4, 0.5) is 0 Å². The molecule has 0 N–H and O–H groups in total. The van der Waals surface area contributed by atoms with Crippen LogP contribution in [0, 0.1) is 33.6 Å². The van der Waals surface area contributed by atoms with Gasteiger partial charge >= 0.3 is 0 Å².